The van der Waals surface area contributed by atoms with Gasteiger partial charge in [0.15, 0.2) is 0 Å². The molecule has 0 saturated heterocycles. The van der Waals surface area contributed by atoms with Gasteiger partial charge < -0.3 is 10.5 Å². The zero-order valence-corrected chi connectivity index (χ0v) is 12.7. The third-order valence-corrected chi connectivity index (χ3v) is 4.52. The first-order valence-electron chi connectivity index (χ1n) is 5.53. The number of benzene rings is 1. The van der Waals surface area contributed by atoms with Crippen LogP contribution in [0.2, 0.25) is 0 Å². The molecule has 100 valence electrons. The first kappa shape index (κ1) is 14.0. The Morgan fingerprint density at radius 2 is 2.21 bits per heavy atom. The van der Waals surface area contributed by atoms with Crippen molar-refractivity contribution >= 4 is 32.4 Å². The van der Waals surface area contributed by atoms with Crippen LogP contribution >= 0.6 is 15.9 Å². The van der Waals surface area contributed by atoms with Crippen molar-refractivity contribution in [2.45, 2.75) is 10.8 Å². The number of halogens is 1. The van der Waals surface area contributed by atoms with Gasteiger partial charge in [-0.05, 0) is 45.8 Å². The number of nitrogens with two attached hydrogens (primary N) is 1. The van der Waals surface area contributed by atoms with Crippen LogP contribution in [0.5, 0.6) is 5.75 Å². The highest BCUT2D eigenvalue weighted by molar-refractivity contribution is 9.10. The summed E-state index contributed by atoms with van der Waals surface area (Å²) in [5.41, 5.74) is 7.14. The molecule has 0 spiro atoms. The SMILES string of the molecule is COc1ccc(CS(=O)c2ncccc2N)cc1Br. The molecule has 0 bridgehead atoms. The Balaban J connectivity index is 2.20. The van der Waals surface area contributed by atoms with E-state index in [0.717, 1.165) is 15.8 Å². The molecular weight excluding hydrogens is 328 g/mol. The Bertz CT molecular complexity index is 619. The number of nitrogen functional groups attached to an aromatic ring is 1. The highest BCUT2D eigenvalue weighted by atomic mass is 79.9. The van der Waals surface area contributed by atoms with E-state index < -0.39 is 10.8 Å². The van der Waals surface area contributed by atoms with Crippen LogP contribution in [0.1, 0.15) is 5.56 Å². The molecule has 2 rings (SSSR count). The summed E-state index contributed by atoms with van der Waals surface area (Å²) in [4.78, 5) is 4.07. The maximum Gasteiger partial charge on any atom is 0.150 e. The standard InChI is InChI=1S/C13H13BrN2O2S/c1-18-12-5-4-9(7-10(12)14)8-19(17)13-11(15)3-2-6-16-13/h2-7H,8,15H2,1H3. The van der Waals surface area contributed by atoms with E-state index in [1.807, 2.05) is 18.2 Å². The minimum Gasteiger partial charge on any atom is -0.496 e. The van der Waals surface area contributed by atoms with Crippen molar-refractivity contribution in [3.63, 3.8) is 0 Å². The average molecular weight is 341 g/mol. The maximum absolute atomic E-state index is 12.2. The lowest BCUT2D eigenvalue weighted by molar-refractivity contribution is 0.412. The van der Waals surface area contributed by atoms with Crippen LogP contribution in [0.15, 0.2) is 46.0 Å². The number of methoxy groups -OCH3 is 1. The Morgan fingerprint density at radius 3 is 2.84 bits per heavy atom. The van der Waals surface area contributed by atoms with E-state index in [2.05, 4.69) is 20.9 Å². The minimum absolute atomic E-state index is 0.365. The Labute approximate surface area is 122 Å². The molecule has 2 aromatic rings. The molecule has 1 heterocycles. The summed E-state index contributed by atoms with van der Waals surface area (Å²) in [7, 11) is 0.343. The number of aromatic nitrogens is 1. The van der Waals surface area contributed by atoms with Crippen molar-refractivity contribution in [3.05, 3.63) is 46.6 Å². The number of nitrogens with zero attached hydrogens (tertiary/aromatic N) is 1. The highest BCUT2D eigenvalue weighted by Gasteiger charge is 2.11. The van der Waals surface area contributed by atoms with Gasteiger partial charge in [0, 0.05) is 6.20 Å². The Kier molecular flexibility index (Phi) is 4.55. The Hall–Kier alpha value is -1.40. The van der Waals surface area contributed by atoms with Gasteiger partial charge in [0.05, 0.1) is 33.8 Å². The fourth-order valence-electron chi connectivity index (χ4n) is 1.61. The number of anilines is 1. The normalized spacial score (nSPS) is 12.1. The van der Waals surface area contributed by atoms with Gasteiger partial charge in [0.25, 0.3) is 0 Å². The summed E-state index contributed by atoms with van der Waals surface area (Å²) < 4.78 is 18.2. The second-order valence-corrected chi connectivity index (χ2v) is 6.08. The molecule has 4 nitrogen and oxygen atoms in total. The van der Waals surface area contributed by atoms with Gasteiger partial charge in [-0.25, -0.2) is 4.98 Å². The van der Waals surface area contributed by atoms with Crippen LogP contribution < -0.4 is 10.5 Å². The van der Waals surface area contributed by atoms with Gasteiger partial charge >= 0.3 is 0 Å². The molecule has 0 aliphatic heterocycles. The number of ether oxygens (including phenoxy) is 1. The molecule has 0 radical (unpaired) electrons. The van der Waals surface area contributed by atoms with Crippen molar-refractivity contribution in [3.8, 4) is 5.75 Å². The molecule has 6 heteroatoms. The van der Waals surface area contributed by atoms with Gasteiger partial charge in [0.2, 0.25) is 0 Å². The summed E-state index contributed by atoms with van der Waals surface area (Å²) in [6, 6.07) is 9.01. The Morgan fingerprint density at radius 1 is 1.42 bits per heavy atom. The van der Waals surface area contributed by atoms with Gasteiger partial charge in [-0.3, -0.25) is 4.21 Å². The van der Waals surface area contributed by atoms with Crippen molar-refractivity contribution in [2.24, 2.45) is 0 Å². The molecule has 0 amide bonds. The van der Waals surface area contributed by atoms with Gasteiger partial charge in [-0.2, -0.15) is 0 Å². The van der Waals surface area contributed by atoms with Gasteiger partial charge in [-0.15, -0.1) is 0 Å². The molecule has 1 aromatic carbocycles. The number of pyridine rings is 1. The van der Waals surface area contributed by atoms with Crippen LogP contribution in [0.25, 0.3) is 0 Å². The maximum atomic E-state index is 12.2. The molecule has 1 unspecified atom stereocenters. The van der Waals surface area contributed by atoms with E-state index in [9.17, 15) is 4.21 Å². The first-order valence-corrected chi connectivity index (χ1v) is 7.64. The second-order valence-electron chi connectivity index (χ2n) is 3.86. The predicted molar refractivity (Wildman–Crippen MR) is 79.5 cm³/mol. The molecule has 1 atom stereocenters. The molecule has 0 aliphatic carbocycles. The molecule has 1 aromatic heterocycles. The molecule has 0 fully saturated rings. The molecule has 19 heavy (non-hydrogen) atoms. The summed E-state index contributed by atoms with van der Waals surface area (Å²) in [5.74, 6) is 1.11. The van der Waals surface area contributed by atoms with E-state index in [-0.39, 0.29) is 0 Å². The van der Waals surface area contributed by atoms with Crippen molar-refractivity contribution in [1.82, 2.24) is 4.98 Å². The highest BCUT2D eigenvalue weighted by Crippen LogP contribution is 2.26. The van der Waals surface area contributed by atoms with Crippen LogP contribution in [-0.2, 0) is 16.6 Å². The second kappa shape index (κ2) is 6.16. The lowest BCUT2D eigenvalue weighted by Crippen LogP contribution is -2.03. The molecule has 2 N–H and O–H groups in total. The zero-order chi connectivity index (χ0) is 13.8. The fraction of sp³-hybridized carbons (Fsp3) is 0.154. The molecular formula is C13H13BrN2O2S. The van der Waals surface area contributed by atoms with Crippen molar-refractivity contribution < 1.29 is 8.95 Å². The topological polar surface area (TPSA) is 65.2 Å². The summed E-state index contributed by atoms with van der Waals surface area (Å²) in [6.45, 7) is 0. The van der Waals surface area contributed by atoms with Gasteiger partial charge in [-0.1, -0.05) is 6.07 Å². The predicted octanol–water partition coefficient (Wildman–Crippen LogP) is 2.74. The van der Waals surface area contributed by atoms with Crippen LogP contribution in [-0.4, -0.2) is 16.3 Å². The van der Waals surface area contributed by atoms with E-state index in [4.69, 9.17) is 10.5 Å². The van der Waals surface area contributed by atoms with E-state index in [1.54, 1.807) is 25.4 Å². The fourth-order valence-corrected chi connectivity index (χ4v) is 3.33. The third kappa shape index (κ3) is 3.33. The van der Waals surface area contributed by atoms with E-state index in [1.165, 1.54) is 0 Å². The van der Waals surface area contributed by atoms with E-state index in [0.29, 0.717) is 16.5 Å². The zero-order valence-electron chi connectivity index (χ0n) is 10.3. The van der Waals surface area contributed by atoms with Crippen molar-refractivity contribution in [1.29, 1.82) is 0 Å². The lowest BCUT2D eigenvalue weighted by Gasteiger charge is -2.07. The monoisotopic (exact) mass is 340 g/mol. The van der Waals surface area contributed by atoms with Crippen LogP contribution in [0.4, 0.5) is 5.69 Å². The van der Waals surface area contributed by atoms with Crippen LogP contribution in [0, 0.1) is 0 Å². The van der Waals surface area contributed by atoms with Gasteiger partial charge in [0.1, 0.15) is 10.8 Å². The third-order valence-electron chi connectivity index (χ3n) is 2.53. The quantitative estimate of drug-likeness (QED) is 0.929. The minimum atomic E-state index is -1.26. The molecule has 0 saturated carbocycles. The number of hydrogen-bond acceptors (Lipinski definition) is 4. The number of rotatable bonds is 4. The molecule has 0 aliphatic rings. The summed E-state index contributed by atoms with van der Waals surface area (Å²) in [6.07, 6.45) is 1.59. The lowest BCUT2D eigenvalue weighted by atomic mass is 10.2. The average Bonchev–Trinajstić information content (AvgIpc) is 2.39. The summed E-state index contributed by atoms with van der Waals surface area (Å²) in [5, 5.41) is 0.425. The van der Waals surface area contributed by atoms with Crippen molar-refractivity contribution in [2.75, 3.05) is 12.8 Å². The smallest absolute Gasteiger partial charge is 0.150 e. The van der Waals surface area contributed by atoms with E-state index >= 15 is 0 Å². The van der Waals surface area contributed by atoms with Crippen LogP contribution in [0.3, 0.4) is 0 Å². The number of hydrogen-bond donors (Lipinski definition) is 1. The first-order chi connectivity index (χ1) is 9.11. The largest absolute Gasteiger partial charge is 0.496 e. The summed E-state index contributed by atoms with van der Waals surface area (Å²) >= 11 is 3.40.